The van der Waals surface area contributed by atoms with Crippen LogP contribution >= 0.6 is 0 Å². The van der Waals surface area contributed by atoms with E-state index in [1.165, 1.54) is 0 Å². The Labute approximate surface area is 109 Å². The Hall–Kier alpha value is -0.660. The fourth-order valence-electron chi connectivity index (χ4n) is 2.25. The first kappa shape index (κ1) is 15.4. The molecule has 1 amide bonds. The lowest BCUT2D eigenvalue weighted by Gasteiger charge is -2.35. The molecule has 1 saturated heterocycles. The molecule has 6 nitrogen and oxygen atoms in total. The van der Waals surface area contributed by atoms with Gasteiger partial charge in [0.2, 0.25) is 15.9 Å². The topological polar surface area (TPSA) is 87.3 Å². The number of amides is 1. The molecule has 0 aromatic heterocycles. The number of nitrogens with one attached hydrogen (secondary N) is 3. The standard InChI is InChI=1S/C11H23N3O3S/c1-3-11(4-6-12-7-5-11)10(15)13-8-9-14-18(2,16)17/h12,14H,3-9H2,1-2H3,(H,13,15). The van der Waals surface area contributed by atoms with Gasteiger partial charge in [-0.15, -0.1) is 0 Å². The van der Waals surface area contributed by atoms with Crippen LogP contribution < -0.4 is 15.4 Å². The maximum atomic E-state index is 12.2. The van der Waals surface area contributed by atoms with Gasteiger partial charge >= 0.3 is 0 Å². The SMILES string of the molecule is CCC1(C(=O)NCCNS(C)(=O)=O)CCNCC1. The molecule has 1 aliphatic heterocycles. The van der Waals surface area contributed by atoms with Crippen LogP contribution in [0.4, 0.5) is 0 Å². The number of carbonyl (C=O) groups is 1. The Morgan fingerprint density at radius 1 is 1.28 bits per heavy atom. The Kier molecular flexibility index (Phi) is 5.55. The summed E-state index contributed by atoms with van der Waals surface area (Å²) in [6.45, 7) is 4.33. The predicted octanol–water partition coefficient (Wildman–Crippen LogP) is -0.568. The normalized spacial score (nSPS) is 19.4. The second-order valence-corrected chi connectivity index (χ2v) is 6.64. The first-order valence-electron chi connectivity index (χ1n) is 6.33. The van der Waals surface area contributed by atoms with Crippen molar-refractivity contribution in [3.8, 4) is 0 Å². The van der Waals surface area contributed by atoms with E-state index in [4.69, 9.17) is 0 Å². The molecule has 0 atom stereocenters. The second-order valence-electron chi connectivity index (χ2n) is 4.81. The molecular weight excluding hydrogens is 254 g/mol. The molecule has 0 spiro atoms. The zero-order valence-electron chi connectivity index (χ0n) is 11.1. The summed E-state index contributed by atoms with van der Waals surface area (Å²) < 4.78 is 24.1. The maximum absolute atomic E-state index is 12.2. The maximum Gasteiger partial charge on any atom is 0.226 e. The van der Waals surface area contributed by atoms with Crippen LogP contribution in [0.25, 0.3) is 0 Å². The van der Waals surface area contributed by atoms with Crippen molar-refractivity contribution in [2.24, 2.45) is 5.41 Å². The summed E-state index contributed by atoms with van der Waals surface area (Å²) in [6.07, 6.45) is 3.61. The van der Waals surface area contributed by atoms with E-state index >= 15 is 0 Å². The van der Waals surface area contributed by atoms with Crippen molar-refractivity contribution in [1.82, 2.24) is 15.4 Å². The second kappa shape index (κ2) is 6.49. The Morgan fingerprint density at radius 3 is 2.39 bits per heavy atom. The van der Waals surface area contributed by atoms with Crippen molar-refractivity contribution in [2.45, 2.75) is 26.2 Å². The van der Waals surface area contributed by atoms with Crippen molar-refractivity contribution in [2.75, 3.05) is 32.4 Å². The van der Waals surface area contributed by atoms with Gasteiger partial charge in [-0.05, 0) is 32.4 Å². The lowest BCUT2D eigenvalue weighted by atomic mass is 9.76. The summed E-state index contributed by atoms with van der Waals surface area (Å²) >= 11 is 0. The molecule has 0 aliphatic carbocycles. The van der Waals surface area contributed by atoms with Gasteiger partial charge < -0.3 is 10.6 Å². The molecule has 0 unspecified atom stereocenters. The molecule has 1 rings (SSSR count). The van der Waals surface area contributed by atoms with Crippen LogP contribution in [-0.2, 0) is 14.8 Å². The van der Waals surface area contributed by atoms with Crippen LogP contribution in [0, 0.1) is 5.41 Å². The van der Waals surface area contributed by atoms with Gasteiger partial charge in [0.05, 0.1) is 11.7 Å². The van der Waals surface area contributed by atoms with E-state index in [1.54, 1.807) is 0 Å². The van der Waals surface area contributed by atoms with Crippen LogP contribution in [0.15, 0.2) is 0 Å². The molecule has 0 saturated carbocycles. The molecule has 7 heteroatoms. The third-order valence-corrected chi connectivity index (χ3v) is 4.22. The van der Waals surface area contributed by atoms with E-state index in [-0.39, 0.29) is 17.9 Å². The van der Waals surface area contributed by atoms with E-state index in [2.05, 4.69) is 15.4 Å². The molecule has 1 heterocycles. The molecule has 1 aliphatic rings. The van der Waals surface area contributed by atoms with E-state index in [0.29, 0.717) is 6.54 Å². The molecule has 0 aromatic carbocycles. The van der Waals surface area contributed by atoms with Crippen molar-refractivity contribution in [3.63, 3.8) is 0 Å². The quantitative estimate of drug-likeness (QED) is 0.568. The van der Waals surface area contributed by atoms with Crippen LogP contribution in [0.5, 0.6) is 0 Å². The van der Waals surface area contributed by atoms with Gasteiger partial charge in [-0.25, -0.2) is 13.1 Å². The summed E-state index contributed by atoms with van der Waals surface area (Å²) in [4.78, 5) is 12.2. The van der Waals surface area contributed by atoms with E-state index < -0.39 is 10.0 Å². The zero-order chi connectivity index (χ0) is 13.6. The molecule has 0 bridgehead atoms. The first-order valence-corrected chi connectivity index (χ1v) is 8.22. The fourth-order valence-corrected chi connectivity index (χ4v) is 2.72. The highest BCUT2D eigenvalue weighted by molar-refractivity contribution is 7.88. The van der Waals surface area contributed by atoms with Crippen molar-refractivity contribution < 1.29 is 13.2 Å². The van der Waals surface area contributed by atoms with E-state index in [9.17, 15) is 13.2 Å². The number of rotatable bonds is 6. The lowest BCUT2D eigenvalue weighted by molar-refractivity contribution is -0.132. The summed E-state index contributed by atoms with van der Waals surface area (Å²) in [5.41, 5.74) is -0.281. The third kappa shape index (κ3) is 4.55. The molecule has 0 aromatic rings. The van der Waals surface area contributed by atoms with Gasteiger partial charge in [-0.1, -0.05) is 6.92 Å². The van der Waals surface area contributed by atoms with E-state index in [1.807, 2.05) is 6.92 Å². The highest BCUT2D eigenvalue weighted by atomic mass is 32.2. The lowest BCUT2D eigenvalue weighted by Crippen LogP contribution is -2.48. The number of sulfonamides is 1. The summed E-state index contributed by atoms with van der Waals surface area (Å²) in [7, 11) is -3.18. The van der Waals surface area contributed by atoms with Crippen LogP contribution in [0.2, 0.25) is 0 Å². The van der Waals surface area contributed by atoms with Gasteiger partial charge in [0.15, 0.2) is 0 Å². The number of hydrogen-bond donors (Lipinski definition) is 3. The number of hydrogen-bond acceptors (Lipinski definition) is 4. The minimum Gasteiger partial charge on any atom is -0.354 e. The third-order valence-electron chi connectivity index (χ3n) is 3.49. The highest BCUT2D eigenvalue weighted by Gasteiger charge is 2.37. The van der Waals surface area contributed by atoms with Gasteiger partial charge in [0, 0.05) is 13.1 Å². The highest BCUT2D eigenvalue weighted by Crippen LogP contribution is 2.32. The minimum atomic E-state index is -3.18. The Morgan fingerprint density at radius 2 is 1.89 bits per heavy atom. The van der Waals surface area contributed by atoms with Gasteiger partial charge in [0.1, 0.15) is 0 Å². The average molecular weight is 277 g/mol. The van der Waals surface area contributed by atoms with Gasteiger partial charge in [-0.2, -0.15) is 0 Å². The summed E-state index contributed by atoms with van der Waals surface area (Å²) in [5, 5.41) is 6.07. The van der Waals surface area contributed by atoms with E-state index in [0.717, 1.165) is 38.6 Å². The van der Waals surface area contributed by atoms with Gasteiger partial charge in [0.25, 0.3) is 0 Å². The van der Waals surface area contributed by atoms with Crippen molar-refractivity contribution in [3.05, 3.63) is 0 Å². The number of carbonyl (C=O) groups excluding carboxylic acids is 1. The predicted molar refractivity (Wildman–Crippen MR) is 70.7 cm³/mol. The minimum absolute atomic E-state index is 0.0433. The largest absolute Gasteiger partial charge is 0.354 e. The average Bonchev–Trinajstić information content (AvgIpc) is 2.34. The Bertz CT molecular complexity index is 375. The molecule has 3 N–H and O–H groups in total. The molecule has 106 valence electrons. The molecule has 0 radical (unpaired) electrons. The smallest absolute Gasteiger partial charge is 0.226 e. The fraction of sp³-hybridized carbons (Fsp3) is 0.909. The van der Waals surface area contributed by atoms with Crippen LogP contribution in [0.1, 0.15) is 26.2 Å². The van der Waals surface area contributed by atoms with Crippen LogP contribution in [0.3, 0.4) is 0 Å². The van der Waals surface area contributed by atoms with Crippen molar-refractivity contribution in [1.29, 1.82) is 0 Å². The summed E-state index contributed by atoms with van der Waals surface area (Å²) in [6, 6.07) is 0. The van der Waals surface area contributed by atoms with Gasteiger partial charge in [-0.3, -0.25) is 4.79 Å². The Balaban J connectivity index is 2.39. The molecule has 1 fully saturated rings. The zero-order valence-corrected chi connectivity index (χ0v) is 11.9. The summed E-state index contributed by atoms with van der Waals surface area (Å²) in [5.74, 6) is 0.0433. The number of piperidine rings is 1. The van der Waals surface area contributed by atoms with Crippen molar-refractivity contribution >= 4 is 15.9 Å². The first-order chi connectivity index (χ1) is 8.40. The molecule has 18 heavy (non-hydrogen) atoms. The monoisotopic (exact) mass is 277 g/mol. The molecular formula is C11H23N3O3S. The van der Waals surface area contributed by atoms with Crippen LogP contribution in [-0.4, -0.2) is 46.8 Å².